The molecule has 0 rings (SSSR count). The molecule has 0 saturated carbocycles. The average molecular weight is 346 g/mol. The fraction of sp³-hybridized carbons (Fsp3) is 0.824. The van der Waals surface area contributed by atoms with E-state index in [1.807, 2.05) is 20.8 Å². The predicted molar refractivity (Wildman–Crippen MR) is 97.3 cm³/mol. The maximum Gasteiger partial charge on any atom is 0.408 e. The highest BCUT2D eigenvalue weighted by Crippen LogP contribution is 2.36. The van der Waals surface area contributed by atoms with Crippen molar-refractivity contribution in [1.82, 2.24) is 5.32 Å². The summed E-state index contributed by atoms with van der Waals surface area (Å²) < 4.78 is 17.0. The Balaban J connectivity index is 4.68. The van der Waals surface area contributed by atoms with Gasteiger partial charge in [-0.15, -0.1) is 6.58 Å². The van der Waals surface area contributed by atoms with E-state index in [2.05, 4.69) is 45.8 Å². The first-order valence-electron chi connectivity index (χ1n) is 8.10. The SMILES string of the molecule is C=CCOC[C@@H](CO[Si](C)(C)C(C)(C)C)NC(=O)OC(C)(C)C. The van der Waals surface area contributed by atoms with Gasteiger partial charge < -0.3 is 19.2 Å². The molecule has 5 nitrogen and oxygen atoms in total. The Morgan fingerprint density at radius 3 is 2.17 bits per heavy atom. The third-order valence-electron chi connectivity index (χ3n) is 3.73. The van der Waals surface area contributed by atoms with Gasteiger partial charge >= 0.3 is 6.09 Å². The lowest BCUT2D eigenvalue weighted by Gasteiger charge is -2.37. The van der Waals surface area contributed by atoms with E-state index in [-0.39, 0.29) is 11.1 Å². The summed E-state index contributed by atoms with van der Waals surface area (Å²) in [4.78, 5) is 12.0. The molecule has 0 aliphatic heterocycles. The number of ether oxygens (including phenoxy) is 2. The van der Waals surface area contributed by atoms with E-state index >= 15 is 0 Å². The van der Waals surface area contributed by atoms with Crippen molar-refractivity contribution < 1.29 is 18.7 Å². The molecule has 0 unspecified atom stereocenters. The van der Waals surface area contributed by atoms with Crippen molar-refractivity contribution in [2.45, 2.75) is 71.3 Å². The Kier molecular flexibility index (Phi) is 8.52. The van der Waals surface area contributed by atoms with E-state index in [1.54, 1.807) is 6.08 Å². The van der Waals surface area contributed by atoms with Gasteiger partial charge in [-0.25, -0.2) is 4.79 Å². The molecule has 0 saturated heterocycles. The first-order valence-corrected chi connectivity index (χ1v) is 11.0. The topological polar surface area (TPSA) is 56.8 Å². The van der Waals surface area contributed by atoms with E-state index < -0.39 is 20.0 Å². The number of amides is 1. The van der Waals surface area contributed by atoms with E-state index in [4.69, 9.17) is 13.9 Å². The van der Waals surface area contributed by atoms with Crippen LogP contribution in [0.4, 0.5) is 4.79 Å². The maximum atomic E-state index is 12.0. The number of alkyl carbamates (subject to hydrolysis) is 1. The average Bonchev–Trinajstić information content (AvgIpc) is 2.32. The molecule has 0 bridgehead atoms. The molecule has 0 aromatic rings. The van der Waals surface area contributed by atoms with Gasteiger partial charge in [0.25, 0.3) is 0 Å². The molecule has 0 aliphatic rings. The summed E-state index contributed by atoms with van der Waals surface area (Å²) in [6, 6.07) is -0.251. The molecule has 0 radical (unpaired) electrons. The minimum absolute atomic E-state index is 0.117. The summed E-state index contributed by atoms with van der Waals surface area (Å²) >= 11 is 0. The van der Waals surface area contributed by atoms with Gasteiger partial charge in [-0.05, 0) is 38.9 Å². The van der Waals surface area contributed by atoms with Crippen molar-refractivity contribution in [3.63, 3.8) is 0 Å². The van der Waals surface area contributed by atoms with Crippen LogP contribution in [-0.2, 0) is 13.9 Å². The van der Waals surface area contributed by atoms with Crippen molar-refractivity contribution in [1.29, 1.82) is 0 Å². The smallest absolute Gasteiger partial charge is 0.408 e. The zero-order valence-electron chi connectivity index (χ0n) is 16.1. The first kappa shape index (κ1) is 22.1. The summed E-state index contributed by atoms with van der Waals surface area (Å²) in [6.07, 6.45) is 1.22. The van der Waals surface area contributed by atoms with Gasteiger partial charge in [-0.1, -0.05) is 26.8 Å². The number of carbonyl (C=O) groups is 1. The van der Waals surface area contributed by atoms with Crippen molar-refractivity contribution >= 4 is 14.4 Å². The third kappa shape index (κ3) is 9.79. The van der Waals surface area contributed by atoms with Crippen LogP contribution in [-0.4, -0.2) is 45.9 Å². The van der Waals surface area contributed by atoms with Crippen LogP contribution in [0.5, 0.6) is 0 Å². The van der Waals surface area contributed by atoms with Gasteiger partial charge in [-0.2, -0.15) is 0 Å². The number of nitrogens with one attached hydrogen (secondary N) is 1. The van der Waals surface area contributed by atoms with Crippen molar-refractivity contribution in [2.75, 3.05) is 19.8 Å². The molecule has 23 heavy (non-hydrogen) atoms. The van der Waals surface area contributed by atoms with Crippen LogP contribution in [0.2, 0.25) is 18.1 Å². The van der Waals surface area contributed by atoms with Crippen LogP contribution in [0.1, 0.15) is 41.5 Å². The summed E-state index contributed by atoms with van der Waals surface area (Å²) in [7, 11) is -1.88. The number of rotatable bonds is 8. The second-order valence-electron chi connectivity index (χ2n) is 8.24. The fourth-order valence-corrected chi connectivity index (χ4v) is 2.48. The molecule has 0 aliphatic carbocycles. The van der Waals surface area contributed by atoms with Gasteiger partial charge in [-0.3, -0.25) is 0 Å². The first-order chi connectivity index (χ1) is 10.3. The highest BCUT2D eigenvalue weighted by molar-refractivity contribution is 6.74. The largest absolute Gasteiger partial charge is 0.444 e. The zero-order valence-corrected chi connectivity index (χ0v) is 17.1. The van der Waals surface area contributed by atoms with Gasteiger partial charge in [0, 0.05) is 0 Å². The Morgan fingerprint density at radius 1 is 1.17 bits per heavy atom. The highest BCUT2D eigenvalue weighted by atomic mass is 28.4. The molecule has 1 atom stereocenters. The summed E-state index contributed by atoms with van der Waals surface area (Å²) in [5.41, 5.74) is -0.531. The van der Waals surface area contributed by atoms with Crippen LogP contribution < -0.4 is 5.32 Å². The molecule has 1 N–H and O–H groups in total. The predicted octanol–water partition coefficient (Wildman–Crippen LogP) is 4.10. The van der Waals surface area contributed by atoms with Crippen LogP contribution >= 0.6 is 0 Å². The van der Waals surface area contributed by atoms with E-state index in [9.17, 15) is 4.79 Å². The second kappa shape index (κ2) is 8.85. The van der Waals surface area contributed by atoms with Gasteiger partial charge in [0.2, 0.25) is 0 Å². The van der Waals surface area contributed by atoms with Crippen LogP contribution in [0.25, 0.3) is 0 Å². The molecule has 0 spiro atoms. The Bertz CT molecular complexity index is 383. The fourth-order valence-electron chi connectivity index (χ4n) is 1.42. The quantitative estimate of drug-likeness (QED) is 0.409. The molecule has 0 aromatic heterocycles. The summed E-state index contributed by atoms with van der Waals surface area (Å²) in [6.45, 7) is 21.3. The molecular formula is C17H35NO4Si. The lowest BCUT2D eigenvalue weighted by atomic mass is 10.2. The Labute approximate surface area is 142 Å². The number of hydrogen-bond donors (Lipinski definition) is 1. The molecule has 0 heterocycles. The molecule has 1 amide bonds. The standard InChI is InChI=1S/C17H35NO4Si/c1-10-11-20-12-14(18-15(19)22-16(2,3)4)13-21-23(8,9)17(5,6)7/h10,14H,1,11-13H2,2-9H3,(H,18,19)/t14-/m0/s1. The maximum absolute atomic E-state index is 12.0. The summed E-state index contributed by atoms with van der Waals surface area (Å²) in [5, 5.41) is 2.95. The van der Waals surface area contributed by atoms with Crippen molar-refractivity contribution in [2.24, 2.45) is 0 Å². The highest BCUT2D eigenvalue weighted by Gasteiger charge is 2.37. The monoisotopic (exact) mass is 345 g/mol. The lowest BCUT2D eigenvalue weighted by Crippen LogP contribution is -2.48. The Morgan fingerprint density at radius 2 is 1.74 bits per heavy atom. The van der Waals surface area contributed by atoms with Gasteiger partial charge in [0.05, 0.1) is 25.9 Å². The molecule has 0 aromatic carbocycles. The minimum atomic E-state index is -1.88. The van der Waals surface area contributed by atoms with Gasteiger partial charge in [0.15, 0.2) is 8.32 Å². The molecular weight excluding hydrogens is 310 g/mol. The van der Waals surface area contributed by atoms with Crippen LogP contribution in [0.3, 0.4) is 0 Å². The van der Waals surface area contributed by atoms with Crippen molar-refractivity contribution in [3.8, 4) is 0 Å². The molecule has 136 valence electrons. The molecule has 0 fully saturated rings. The van der Waals surface area contributed by atoms with E-state index in [0.717, 1.165) is 0 Å². The minimum Gasteiger partial charge on any atom is -0.444 e. The number of hydrogen-bond acceptors (Lipinski definition) is 4. The van der Waals surface area contributed by atoms with Gasteiger partial charge in [0.1, 0.15) is 5.60 Å². The second-order valence-corrected chi connectivity index (χ2v) is 13.0. The zero-order chi connectivity index (χ0) is 18.3. The van der Waals surface area contributed by atoms with Crippen LogP contribution in [0.15, 0.2) is 12.7 Å². The number of carbonyl (C=O) groups excluding carboxylic acids is 1. The third-order valence-corrected chi connectivity index (χ3v) is 8.23. The lowest BCUT2D eigenvalue weighted by molar-refractivity contribution is 0.0415. The molecule has 6 heteroatoms. The normalized spacial score (nSPS) is 14.3. The van der Waals surface area contributed by atoms with E-state index in [0.29, 0.717) is 19.8 Å². The van der Waals surface area contributed by atoms with Crippen LogP contribution in [0, 0.1) is 0 Å². The summed E-state index contributed by atoms with van der Waals surface area (Å²) in [5.74, 6) is 0. The van der Waals surface area contributed by atoms with Crippen molar-refractivity contribution in [3.05, 3.63) is 12.7 Å². The van der Waals surface area contributed by atoms with E-state index in [1.165, 1.54) is 0 Å². The Hall–Kier alpha value is -0.853.